The molecule has 111 valence electrons. The van der Waals surface area contributed by atoms with Gasteiger partial charge < -0.3 is 9.84 Å². The van der Waals surface area contributed by atoms with Crippen LogP contribution in [0.3, 0.4) is 0 Å². The fraction of sp³-hybridized carbons (Fsp3) is 0.562. The maximum atomic E-state index is 13.8. The number of rotatable bonds is 8. The van der Waals surface area contributed by atoms with Crippen LogP contribution in [0, 0.1) is 6.07 Å². The van der Waals surface area contributed by atoms with Crippen molar-refractivity contribution in [3.63, 3.8) is 0 Å². The van der Waals surface area contributed by atoms with Gasteiger partial charge in [-0.05, 0) is 31.0 Å². The summed E-state index contributed by atoms with van der Waals surface area (Å²) in [5, 5.41) is 9.59. The maximum Gasteiger partial charge on any atom is 0.338 e. The number of hydrogen-bond acceptors (Lipinski definition) is 3. The largest absolute Gasteiger partial charge is 0.459 e. The van der Waals surface area contributed by atoms with Crippen LogP contribution < -0.4 is 0 Å². The lowest BCUT2D eigenvalue weighted by molar-refractivity contribution is 0.00233. The number of hydrogen-bond donors (Lipinski definition) is 1. The summed E-state index contributed by atoms with van der Waals surface area (Å²) >= 11 is 0. The Morgan fingerprint density at radius 1 is 1.40 bits per heavy atom. The molecule has 1 rings (SSSR count). The number of alkyl halides is 1. The molecular weight excluding hydrogens is 259 g/mol. The molecule has 3 unspecified atom stereocenters. The Bertz CT molecular complexity index is 394. The van der Waals surface area contributed by atoms with Crippen molar-refractivity contribution in [3.8, 4) is 0 Å². The summed E-state index contributed by atoms with van der Waals surface area (Å²) < 4.78 is 19.1. The highest BCUT2D eigenvalue weighted by atomic mass is 19.1. The van der Waals surface area contributed by atoms with Gasteiger partial charge in [-0.1, -0.05) is 32.4 Å². The Kier molecular flexibility index (Phi) is 7.23. The van der Waals surface area contributed by atoms with Crippen LogP contribution in [0.5, 0.6) is 0 Å². The topological polar surface area (TPSA) is 46.5 Å². The zero-order chi connectivity index (χ0) is 15.0. The molecule has 0 aliphatic heterocycles. The zero-order valence-electron chi connectivity index (χ0n) is 12.0. The summed E-state index contributed by atoms with van der Waals surface area (Å²) in [5.74, 6) is -0.469. The van der Waals surface area contributed by atoms with Crippen molar-refractivity contribution in [1.82, 2.24) is 0 Å². The van der Waals surface area contributed by atoms with Crippen LogP contribution in [-0.2, 0) is 4.74 Å². The van der Waals surface area contributed by atoms with E-state index >= 15 is 0 Å². The van der Waals surface area contributed by atoms with Gasteiger partial charge in [-0.25, -0.2) is 9.18 Å². The Morgan fingerprint density at radius 3 is 2.60 bits per heavy atom. The summed E-state index contributed by atoms with van der Waals surface area (Å²) in [4.78, 5) is 11.9. The van der Waals surface area contributed by atoms with Gasteiger partial charge in [0.05, 0.1) is 11.7 Å². The van der Waals surface area contributed by atoms with E-state index in [-0.39, 0.29) is 6.42 Å². The molecule has 1 radical (unpaired) electrons. The van der Waals surface area contributed by atoms with Crippen molar-refractivity contribution < 1.29 is 19.0 Å². The summed E-state index contributed by atoms with van der Waals surface area (Å²) in [6, 6.07) is 9.28. The number of halogens is 1. The molecule has 3 atom stereocenters. The number of esters is 1. The average Bonchev–Trinajstić information content (AvgIpc) is 2.47. The number of aliphatic hydroxyl groups is 1. The molecular formula is C16H22FO3. The third kappa shape index (κ3) is 5.29. The monoisotopic (exact) mass is 281 g/mol. The van der Waals surface area contributed by atoms with E-state index in [9.17, 15) is 14.3 Å². The second kappa shape index (κ2) is 8.69. The summed E-state index contributed by atoms with van der Waals surface area (Å²) in [6.07, 6.45) is -1.19. The van der Waals surface area contributed by atoms with Crippen LogP contribution in [-0.4, -0.2) is 29.5 Å². The molecule has 1 aromatic rings. The molecule has 1 N–H and O–H groups in total. The first-order valence-electron chi connectivity index (χ1n) is 7.07. The van der Waals surface area contributed by atoms with Crippen molar-refractivity contribution in [3.05, 3.63) is 35.9 Å². The van der Waals surface area contributed by atoms with E-state index < -0.39 is 24.3 Å². The molecule has 20 heavy (non-hydrogen) atoms. The second-order valence-corrected chi connectivity index (χ2v) is 4.83. The Balaban J connectivity index is 2.53. The average molecular weight is 281 g/mol. The second-order valence-electron chi connectivity index (χ2n) is 4.83. The Hall–Kier alpha value is -1.42. The van der Waals surface area contributed by atoms with Crippen LogP contribution in [0.1, 0.15) is 49.9 Å². The standard InChI is InChI=1S/C16H22FO3/c1-3-8-15(18)14(17)11-13(4-2)20-16(19)12-9-6-5-7-10-12/h6-7,9-10,13-15,18H,3-4,8,11H2,1-2H3. The van der Waals surface area contributed by atoms with Crippen molar-refractivity contribution in [2.75, 3.05) is 0 Å². The normalized spacial score (nSPS) is 15.4. The minimum atomic E-state index is -1.36. The molecule has 0 aromatic heterocycles. The zero-order valence-corrected chi connectivity index (χ0v) is 12.0. The highest BCUT2D eigenvalue weighted by Crippen LogP contribution is 2.17. The van der Waals surface area contributed by atoms with Crippen LogP contribution in [0.25, 0.3) is 0 Å². The van der Waals surface area contributed by atoms with E-state index in [0.29, 0.717) is 18.4 Å². The maximum absolute atomic E-state index is 13.8. The molecule has 0 aliphatic rings. The fourth-order valence-corrected chi connectivity index (χ4v) is 1.93. The smallest absolute Gasteiger partial charge is 0.338 e. The number of carbonyl (C=O) groups excluding carboxylic acids is 1. The van der Waals surface area contributed by atoms with Crippen molar-refractivity contribution in [1.29, 1.82) is 0 Å². The van der Waals surface area contributed by atoms with Crippen LogP contribution in [0.15, 0.2) is 24.3 Å². The molecule has 0 heterocycles. The molecule has 3 nitrogen and oxygen atoms in total. The number of benzene rings is 1. The summed E-state index contributed by atoms with van der Waals surface area (Å²) in [6.45, 7) is 3.72. The number of carbonyl (C=O) groups is 1. The molecule has 0 aliphatic carbocycles. The van der Waals surface area contributed by atoms with Crippen LogP contribution >= 0.6 is 0 Å². The quantitative estimate of drug-likeness (QED) is 0.744. The SMILES string of the molecule is CCCC(O)C(F)CC(CC)OC(=O)c1cc[c]cc1. The molecule has 0 fully saturated rings. The van der Waals surface area contributed by atoms with E-state index in [4.69, 9.17) is 4.74 Å². The predicted octanol–water partition coefficient (Wildman–Crippen LogP) is 3.31. The van der Waals surface area contributed by atoms with Gasteiger partial charge in [0.15, 0.2) is 0 Å². The molecule has 0 spiro atoms. The first-order valence-corrected chi connectivity index (χ1v) is 7.07. The molecule has 0 saturated carbocycles. The van der Waals surface area contributed by atoms with Gasteiger partial charge in [-0.3, -0.25) is 0 Å². The molecule has 1 aromatic carbocycles. The summed E-state index contributed by atoms with van der Waals surface area (Å²) in [7, 11) is 0. The lowest BCUT2D eigenvalue weighted by atomic mass is 10.0. The van der Waals surface area contributed by atoms with Crippen molar-refractivity contribution >= 4 is 5.97 Å². The molecule has 0 amide bonds. The highest BCUT2D eigenvalue weighted by molar-refractivity contribution is 5.89. The predicted molar refractivity (Wildman–Crippen MR) is 75.2 cm³/mol. The van der Waals surface area contributed by atoms with Crippen LogP contribution in [0.2, 0.25) is 0 Å². The molecule has 4 heteroatoms. The molecule has 0 bridgehead atoms. The Labute approximate surface area is 119 Å². The number of ether oxygens (including phenoxy) is 1. The van der Waals surface area contributed by atoms with Gasteiger partial charge in [-0.2, -0.15) is 0 Å². The third-order valence-corrected chi connectivity index (χ3v) is 3.17. The number of aliphatic hydroxyl groups excluding tert-OH is 1. The van der Waals surface area contributed by atoms with Crippen molar-refractivity contribution in [2.45, 2.75) is 57.9 Å². The Morgan fingerprint density at radius 2 is 2.05 bits per heavy atom. The van der Waals surface area contributed by atoms with Gasteiger partial charge in [0, 0.05) is 6.42 Å². The van der Waals surface area contributed by atoms with Gasteiger partial charge >= 0.3 is 5.97 Å². The molecule has 0 saturated heterocycles. The van der Waals surface area contributed by atoms with Gasteiger partial charge in [0.25, 0.3) is 0 Å². The van der Waals surface area contributed by atoms with E-state index in [2.05, 4.69) is 6.07 Å². The van der Waals surface area contributed by atoms with E-state index in [1.54, 1.807) is 24.3 Å². The lowest BCUT2D eigenvalue weighted by Gasteiger charge is -2.21. The highest BCUT2D eigenvalue weighted by Gasteiger charge is 2.24. The first kappa shape index (κ1) is 16.6. The lowest BCUT2D eigenvalue weighted by Crippen LogP contribution is -2.29. The van der Waals surface area contributed by atoms with Gasteiger partial charge in [0.2, 0.25) is 0 Å². The van der Waals surface area contributed by atoms with Gasteiger partial charge in [0.1, 0.15) is 12.3 Å². The minimum Gasteiger partial charge on any atom is -0.459 e. The fourth-order valence-electron chi connectivity index (χ4n) is 1.93. The first-order chi connectivity index (χ1) is 9.58. The third-order valence-electron chi connectivity index (χ3n) is 3.17. The minimum absolute atomic E-state index is 0.0301. The van der Waals surface area contributed by atoms with E-state index in [1.807, 2.05) is 13.8 Å². The van der Waals surface area contributed by atoms with Crippen LogP contribution in [0.4, 0.5) is 4.39 Å². The van der Waals surface area contributed by atoms with E-state index in [1.165, 1.54) is 0 Å². The van der Waals surface area contributed by atoms with Crippen molar-refractivity contribution in [2.24, 2.45) is 0 Å². The van der Waals surface area contributed by atoms with Gasteiger partial charge in [-0.15, -0.1) is 0 Å². The summed E-state index contributed by atoms with van der Waals surface area (Å²) in [5.41, 5.74) is 0.423. The van der Waals surface area contributed by atoms with E-state index in [0.717, 1.165) is 6.42 Å².